The quantitative estimate of drug-likeness (QED) is 0.537. The Morgan fingerprint density at radius 3 is 2.36 bits per heavy atom. The van der Waals surface area contributed by atoms with E-state index < -0.39 is 0 Å². The second-order valence-corrected chi connectivity index (χ2v) is 3.00. The summed E-state index contributed by atoms with van der Waals surface area (Å²) >= 11 is 0. The monoisotopic (exact) mass is 157 g/mol. The van der Waals surface area contributed by atoms with Crippen LogP contribution in [0.2, 0.25) is 0 Å². The van der Waals surface area contributed by atoms with Crippen LogP contribution < -0.4 is 0 Å². The van der Waals surface area contributed by atoms with E-state index in [9.17, 15) is 0 Å². The Morgan fingerprint density at radius 1 is 1.00 bits per heavy atom. The van der Waals surface area contributed by atoms with Crippen molar-refractivity contribution >= 4 is 0 Å². The normalized spacial score (nSPS) is 10.4. The fourth-order valence-electron chi connectivity index (χ4n) is 1.10. The third-order valence-corrected chi connectivity index (χ3v) is 1.83. The second-order valence-electron chi connectivity index (χ2n) is 3.00. The van der Waals surface area contributed by atoms with Crippen LogP contribution in [0, 0.1) is 6.42 Å². The second kappa shape index (κ2) is 9.96. The first-order chi connectivity index (χ1) is 5.41. The van der Waals surface area contributed by atoms with E-state index >= 15 is 0 Å². The molecule has 1 radical (unpaired) electrons. The Labute approximate surface area is 70.8 Å². The maximum Gasteiger partial charge on any atom is 0.0431 e. The van der Waals surface area contributed by atoms with Crippen LogP contribution in [0.1, 0.15) is 51.9 Å². The Bertz CT molecular complexity index is 53.9. The van der Waals surface area contributed by atoms with Crippen LogP contribution in [0.25, 0.3) is 0 Å². The summed E-state index contributed by atoms with van der Waals surface area (Å²) in [6.45, 7) is 2.57. The molecule has 0 saturated carbocycles. The average molecular weight is 157 g/mol. The molecule has 0 aliphatic rings. The molecular formula is C10H21O. The smallest absolute Gasteiger partial charge is 0.0431 e. The van der Waals surface area contributed by atoms with Crippen LogP contribution in [0.4, 0.5) is 0 Å². The summed E-state index contributed by atoms with van der Waals surface area (Å²) in [5, 5.41) is 8.49. The van der Waals surface area contributed by atoms with Crippen LogP contribution >= 0.6 is 0 Å². The van der Waals surface area contributed by atoms with Gasteiger partial charge in [0.1, 0.15) is 0 Å². The van der Waals surface area contributed by atoms with Gasteiger partial charge in [0.15, 0.2) is 0 Å². The van der Waals surface area contributed by atoms with E-state index in [1.807, 2.05) is 0 Å². The number of hydrogen-bond acceptors (Lipinski definition) is 1. The molecule has 0 rings (SSSR count). The zero-order valence-electron chi connectivity index (χ0n) is 7.68. The third kappa shape index (κ3) is 9.96. The molecule has 0 saturated heterocycles. The lowest BCUT2D eigenvalue weighted by atomic mass is 10.1. The van der Waals surface area contributed by atoms with E-state index in [-0.39, 0.29) is 0 Å². The maximum absolute atomic E-state index is 8.49. The molecule has 0 amide bonds. The van der Waals surface area contributed by atoms with E-state index in [0.29, 0.717) is 6.61 Å². The standard InChI is InChI=1S/C10H21O/c1-2-3-4-5-6-7-8-9-10-11/h7,11H,2-6,8-10H2,1H3. The minimum atomic E-state index is 0.339. The number of hydrogen-bond donors (Lipinski definition) is 1. The molecule has 1 heteroatoms. The van der Waals surface area contributed by atoms with Crippen molar-refractivity contribution in [1.82, 2.24) is 0 Å². The van der Waals surface area contributed by atoms with Gasteiger partial charge in [-0.15, -0.1) is 0 Å². The number of rotatable bonds is 8. The van der Waals surface area contributed by atoms with Crippen molar-refractivity contribution < 1.29 is 5.11 Å². The molecule has 0 bridgehead atoms. The van der Waals surface area contributed by atoms with E-state index in [1.165, 1.54) is 32.1 Å². The van der Waals surface area contributed by atoms with Crippen molar-refractivity contribution in [2.75, 3.05) is 6.61 Å². The Kier molecular flexibility index (Phi) is 9.92. The number of unbranched alkanes of at least 4 members (excludes halogenated alkanes) is 7. The van der Waals surface area contributed by atoms with Gasteiger partial charge in [-0.3, -0.25) is 0 Å². The molecule has 0 heterocycles. The van der Waals surface area contributed by atoms with Gasteiger partial charge in [0.25, 0.3) is 0 Å². The highest BCUT2D eigenvalue weighted by molar-refractivity contribution is 4.63. The molecule has 0 aliphatic heterocycles. The molecule has 0 aliphatic carbocycles. The van der Waals surface area contributed by atoms with Gasteiger partial charge in [-0.25, -0.2) is 0 Å². The lowest BCUT2D eigenvalue weighted by molar-refractivity contribution is 0.287. The van der Waals surface area contributed by atoms with Crippen LogP contribution in [0.3, 0.4) is 0 Å². The van der Waals surface area contributed by atoms with Crippen LogP contribution in [0.5, 0.6) is 0 Å². The summed E-state index contributed by atoms with van der Waals surface area (Å²) in [5.41, 5.74) is 0. The summed E-state index contributed by atoms with van der Waals surface area (Å²) < 4.78 is 0. The molecular weight excluding hydrogens is 136 g/mol. The summed E-state index contributed by atoms with van der Waals surface area (Å²) in [4.78, 5) is 0. The predicted octanol–water partition coefficient (Wildman–Crippen LogP) is 2.93. The maximum atomic E-state index is 8.49. The largest absolute Gasteiger partial charge is 0.396 e. The molecule has 0 atom stereocenters. The SMILES string of the molecule is CCCCCC[CH]CCCO. The highest BCUT2D eigenvalue weighted by atomic mass is 16.2. The van der Waals surface area contributed by atoms with E-state index in [4.69, 9.17) is 5.11 Å². The number of aliphatic hydroxyl groups excluding tert-OH is 1. The topological polar surface area (TPSA) is 20.2 Å². The lowest BCUT2D eigenvalue weighted by Crippen LogP contribution is -1.84. The highest BCUT2D eigenvalue weighted by Gasteiger charge is 1.89. The Balaban J connectivity index is 2.69. The van der Waals surface area contributed by atoms with Gasteiger partial charge in [-0.05, 0) is 19.3 Å². The molecule has 0 aromatic carbocycles. The van der Waals surface area contributed by atoms with Gasteiger partial charge < -0.3 is 5.11 Å². The summed E-state index contributed by atoms with van der Waals surface area (Å²) in [6.07, 6.45) is 10.9. The molecule has 11 heavy (non-hydrogen) atoms. The van der Waals surface area contributed by atoms with Crippen molar-refractivity contribution in [3.63, 3.8) is 0 Å². The van der Waals surface area contributed by atoms with E-state index in [2.05, 4.69) is 13.3 Å². The Hall–Kier alpha value is -0.0400. The minimum absolute atomic E-state index is 0.339. The number of aliphatic hydroxyl groups is 1. The van der Waals surface area contributed by atoms with Gasteiger partial charge in [-0.1, -0.05) is 39.0 Å². The van der Waals surface area contributed by atoms with Crippen molar-refractivity contribution in [2.24, 2.45) is 0 Å². The summed E-state index contributed by atoms with van der Waals surface area (Å²) in [5.74, 6) is 0. The molecule has 0 fully saturated rings. The van der Waals surface area contributed by atoms with Gasteiger partial charge >= 0.3 is 0 Å². The van der Waals surface area contributed by atoms with Gasteiger partial charge in [0.2, 0.25) is 0 Å². The molecule has 0 aromatic rings. The fraction of sp³-hybridized carbons (Fsp3) is 0.900. The van der Waals surface area contributed by atoms with Crippen LogP contribution in [-0.2, 0) is 0 Å². The first-order valence-electron chi connectivity index (χ1n) is 4.84. The summed E-state index contributed by atoms with van der Waals surface area (Å²) in [7, 11) is 0. The first kappa shape index (κ1) is 11.0. The molecule has 67 valence electrons. The first-order valence-corrected chi connectivity index (χ1v) is 4.84. The highest BCUT2D eigenvalue weighted by Crippen LogP contribution is 2.06. The molecule has 0 unspecified atom stereocenters. The Morgan fingerprint density at radius 2 is 1.73 bits per heavy atom. The van der Waals surface area contributed by atoms with Crippen LogP contribution in [0.15, 0.2) is 0 Å². The van der Waals surface area contributed by atoms with Gasteiger partial charge in [0.05, 0.1) is 0 Å². The zero-order valence-corrected chi connectivity index (χ0v) is 7.68. The van der Waals surface area contributed by atoms with E-state index in [1.54, 1.807) is 0 Å². The van der Waals surface area contributed by atoms with Crippen molar-refractivity contribution in [3.05, 3.63) is 6.42 Å². The zero-order chi connectivity index (χ0) is 8.36. The van der Waals surface area contributed by atoms with Gasteiger partial charge in [0, 0.05) is 6.61 Å². The average Bonchev–Trinajstić information content (AvgIpc) is 2.03. The van der Waals surface area contributed by atoms with Crippen molar-refractivity contribution in [1.29, 1.82) is 0 Å². The molecule has 1 nitrogen and oxygen atoms in total. The van der Waals surface area contributed by atoms with Crippen molar-refractivity contribution in [2.45, 2.75) is 51.9 Å². The lowest BCUT2D eigenvalue weighted by Gasteiger charge is -1.98. The fourth-order valence-corrected chi connectivity index (χ4v) is 1.10. The molecule has 0 spiro atoms. The van der Waals surface area contributed by atoms with E-state index in [0.717, 1.165) is 12.8 Å². The van der Waals surface area contributed by atoms with Gasteiger partial charge in [-0.2, -0.15) is 0 Å². The minimum Gasteiger partial charge on any atom is -0.396 e. The molecule has 0 aromatic heterocycles. The molecule has 1 N–H and O–H groups in total. The predicted molar refractivity (Wildman–Crippen MR) is 49.4 cm³/mol. The summed E-state index contributed by atoms with van der Waals surface area (Å²) in [6, 6.07) is 0. The van der Waals surface area contributed by atoms with Crippen LogP contribution in [-0.4, -0.2) is 11.7 Å². The third-order valence-electron chi connectivity index (χ3n) is 1.83. The van der Waals surface area contributed by atoms with Crippen molar-refractivity contribution in [3.8, 4) is 0 Å².